The predicted octanol–water partition coefficient (Wildman–Crippen LogP) is 5.49. The van der Waals surface area contributed by atoms with Crippen LogP contribution in [-0.4, -0.2) is 30.0 Å². The van der Waals surface area contributed by atoms with Gasteiger partial charge in [0.1, 0.15) is 0 Å². The summed E-state index contributed by atoms with van der Waals surface area (Å²) in [5.41, 5.74) is -1.14. The molecule has 0 radical (unpaired) electrons. The number of aryl methyl sites for hydroxylation is 1. The van der Waals surface area contributed by atoms with Crippen LogP contribution in [0.25, 0.3) is 6.08 Å². The summed E-state index contributed by atoms with van der Waals surface area (Å²) in [4.78, 5) is 25.1. The zero-order chi connectivity index (χ0) is 24.8. The van der Waals surface area contributed by atoms with Crippen molar-refractivity contribution in [2.24, 2.45) is 0 Å². The van der Waals surface area contributed by atoms with Crippen molar-refractivity contribution in [1.29, 1.82) is 0 Å². The number of alkyl halides is 6. The highest BCUT2D eigenvalue weighted by atomic mass is 32.2. The molecular weight excluding hydrogens is 490 g/mol. The fourth-order valence-electron chi connectivity index (χ4n) is 2.76. The Balaban J connectivity index is 2.12. The Morgan fingerprint density at radius 3 is 2.45 bits per heavy atom. The Hall–Kier alpha value is -2.47. The van der Waals surface area contributed by atoms with E-state index in [4.69, 9.17) is 0 Å². The predicted molar refractivity (Wildman–Crippen MR) is 117 cm³/mol. The molecular formula is C21H20F6N2O2S2. The van der Waals surface area contributed by atoms with Crippen LogP contribution in [0.3, 0.4) is 0 Å². The van der Waals surface area contributed by atoms with Crippen molar-refractivity contribution in [1.82, 2.24) is 10.6 Å². The summed E-state index contributed by atoms with van der Waals surface area (Å²) in [6, 6.07) is 1.84. The first-order chi connectivity index (χ1) is 15.3. The molecule has 2 amide bonds. The van der Waals surface area contributed by atoms with Crippen molar-refractivity contribution >= 4 is 41.0 Å². The summed E-state index contributed by atoms with van der Waals surface area (Å²) in [6.07, 6.45) is -5.84. The van der Waals surface area contributed by atoms with Crippen molar-refractivity contribution in [2.75, 3.05) is 12.0 Å². The second-order valence-corrected chi connectivity index (χ2v) is 8.94. The van der Waals surface area contributed by atoms with Crippen molar-refractivity contribution in [3.8, 4) is 0 Å². The zero-order valence-corrected chi connectivity index (χ0v) is 19.1. The van der Waals surface area contributed by atoms with E-state index < -0.39 is 35.4 Å². The number of benzene rings is 1. The summed E-state index contributed by atoms with van der Waals surface area (Å²) < 4.78 is 79.0. The quantitative estimate of drug-likeness (QED) is 0.365. The first kappa shape index (κ1) is 26.8. The third kappa shape index (κ3) is 8.11. The van der Waals surface area contributed by atoms with E-state index in [1.165, 1.54) is 29.2 Å². The molecule has 0 spiro atoms. The maximum absolute atomic E-state index is 13.5. The molecule has 1 atom stereocenters. The summed E-state index contributed by atoms with van der Waals surface area (Å²) in [5, 5.41) is 4.46. The number of thioether (sulfide) groups is 1. The van der Waals surface area contributed by atoms with Crippen LogP contribution in [0, 0.1) is 6.92 Å². The molecule has 4 nitrogen and oxygen atoms in total. The number of rotatable bonds is 8. The molecule has 1 aromatic heterocycles. The van der Waals surface area contributed by atoms with E-state index in [1.807, 2.05) is 0 Å². The molecule has 1 unspecified atom stereocenters. The molecule has 0 aliphatic heterocycles. The first-order valence-electron chi connectivity index (χ1n) is 9.38. The molecule has 0 aliphatic rings. The maximum atomic E-state index is 13.5. The third-order valence-electron chi connectivity index (χ3n) is 4.32. The molecule has 2 rings (SSSR count). The molecule has 2 aromatic rings. The van der Waals surface area contributed by atoms with Gasteiger partial charge in [-0.05, 0) is 48.6 Å². The van der Waals surface area contributed by atoms with Gasteiger partial charge in [0.05, 0.1) is 17.9 Å². The van der Waals surface area contributed by atoms with Gasteiger partial charge in [0, 0.05) is 15.8 Å². The van der Waals surface area contributed by atoms with Crippen LogP contribution in [0.15, 0.2) is 36.4 Å². The van der Waals surface area contributed by atoms with Crippen molar-refractivity contribution < 1.29 is 35.9 Å². The Kier molecular flexibility index (Phi) is 9.01. The van der Waals surface area contributed by atoms with Crippen LogP contribution in [0.2, 0.25) is 0 Å². The number of hydrogen-bond acceptors (Lipinski definition) is 4. The van der Waals surface area contributed by atoms with Gasteiger partial charge >= 0.3 is 12.4 Å². The molecule has 0 saturated heterocycles. The van der Waals surface area contributed by atoms with Crippen LogP contribution >= 0.6 is 23.1 Å². The SMILES string of the molecule is CSCC(=O)NCc1sc(C=CC(=O)NC(c2cccc(C(F)(F)F)c2)C(F)(F)F)cc1C. The normalized spacial score (nSPS) is 13.2. The summed E-state index contributed by atoms with van der Waals surface area (Å²) in [5.74, 6) is -0.945. The van der Waals surface area contributed by atoms with Crippen LogP contribution in [-0.2, 0) is 22.3 Å². The fraction of sp³-hybridized carbons (Fsp3) is 0.333. The Labute approximate surface area is 194 Å². The second-order valence-electron chi connectivity index (χ2n) is 6.90. The summed E-state index contributed by atoms with van der Waals surface area (Å²) in [7, 11) is 0. The van der Waals surface area contributed by atoms with Gasteiger partial charge < -0.3 is 10.6 Å². The van der Waals surface area contributed by atoms with Gasteiger partial charge in [-0.3, -0.25) is 9.59 Å². The van der Waals surface area contributed by atoms with E-state index in [0.29, 0.717) is 22.8 Å². The van der Waals surface area contributed by atoms with Crippen LogP contribution in [0.5, 0.6) is 0 Å². The Bertz CT molecular complexity index is 1010. The van der Waals surface area contributed by atoms with Gasteiger partial charge in [0.15, 0.2) is 6.04 Å². The molecule has 1 aromatic carbocycles. The van der Waals surface area contributed by atoms with E-state index in [1.54, 1.807) is 24.6 Å². The monoisotopic (exact) mass is 510 g/mol. The minimum Gasteiger partial charge on any atom is -0.350 e. The fourth-order valence-corrected chi connectivity index (χ4v) is 4.15. The second kappa shape index (κ2) is 11.1. The summed E-state index contributed by atoms with van der Waals surface area (Å²) in [6.45, 7) is 2.07. The molecule has 1 heterocycles. The highest BCUT2D eigenvalue weighted by Crippen LogP contribution is 2.36. The van der Waals surface area contributed by atoms with E-state index >= 15 is 0 Å². The molecule has 180 valence electrons. The van der Waals surface area contributed by atoms with E-state index in [2.05, 4.69) is 5.32 Å². The summed E-state index contributed by atoms with van der Waals surface area (Å²) >= 11 is 2.62. The molecule has 0 aliphatic carbocycles. The number of amides is 2. The number of carbonyl (C=O) groups is 2. The van der Waals surface area contributed by atoms with Crippen molar-refractivity contribution in [3.63, 3.8) is 0 Å². The van der Waals surface area contributed by atoms with Crippen LogP contribution in [0.1, 0.15) is 32.5 Å². The van der Waals surface area contributed by atoms with Crippen molar-refractivity contribution in [2.45, 2.75) is 31.9 Å². The zero-order valence-electron chi connectivity index (χ0n) is 17.4. The third-order valence-corrected chi connectivity index (χ3v) is 6.07. The first-order valence-corrected chi connectivity index (χ1v) is 11.6. The van der Waals surface area contributed by atoms with Gasteiger partial charge in [0.2, 0.25) is 11.8 Å². The number of thiophene rings is 1. The van der Waals surface area contributed by atoms with Gasteiger partial charge in [-0.15, -0.1) is 11.3 Å². The molecule has 0 bridgehead atoms. The molecule has 0 fully saturated rings. The van der Waals surface area contributed by atoms with Gasteiger partial charge in [-0.1, -0.05) is 12.1 Å². The number of hydrogen-bond donors (Lipinski definition) is 2. The maximum Gasteiger partial charge on any atom is 0.416 e. The Morgan fingerprint density at radius 2 is 1.85 bits per heavy atom. The van der Waals surface area contributed by atoms with Gasteiger partial charge in [0.25, 0.3) is 0 Å². The smallest absolute Gasteiger partial charge is 0.350 e. The van der Waals surface area contributed by atoms with E-state index in [0.717, 1.165) is 28.6 Å². The van der Waals surface area contributed by atoms with Crippen LogP contribution < -0.4 is 10.6 Å². The highest BCUT2D eigenvalue weighted by Gasteiger charge is 2.42. The molecule has 0 saturated carbocycles. The van der Waals surface area contributed by atoms with Crippen LogP contribution in [0.4, 0.5) is 26.3 Å². The van der Waals surface area contributed by atoms with E-state index in [-0.39, 0.29) is 12.5 Å². The van der Waals surface area contributed by atoms with Gasteiger partial charge in [-0.2, -0.15) is 38.1 Å². The van der Waals surface area contributed by atoms with E-state index in [9.17, 15) is 35.9 Å². The number of halogens is 6. The average Bonchev–Trinajstić information content (AvgIpc) is 3.07. The number of carbonyl (C=O) groups excluding carboxylic acids is 2. The number of nitrogens with one attached hydrogen (secondary N) is 2. The molecule has 33 heavy (non-hydrogen) atoms. The largest absolute Gasteiger partial charge is 0.416 e. The molecule has 2 N–H and O–H groups in total. The molecule has 12 heteroatoms. The lowest BCUT2D eigenvalue weighted by atomic mass is 10.0. The standard InChI is InChI=1S/C21H20F6N2O2S2/c1-12-8-15(33-16(12)10-28-18(31)11-32-2)6-7-17(30)29-19(21(25,26)27)13-4-3-5-14(9-13)20(22,23)24/h3-9,19H,10-11H2,1-2H3,(H,28,31)(H,29,30). The lowest BCUT2D eigenvalue weighted by Gasteiger charge is -2.22. The highest BCUT2D eigenvalue weighted by molar-refractivity contribution is 7.99. The Morgan fingerprint density at radius 1 is 1.15 bits per heavy atom. The minimum atomic E-state index is -5.00. The minimum absolute atomic E-state index is 0.139. The van der Waals surface area contributed by atoms with Gasteiger partial charge in [-0.25, -0.2) is 0 Å². The lowest BCUT2D eigenvalue weighted by Crippen LogP contribution is -2.37. The lowest BCUT2D eigenvalue weighted by molar-refractivity contribution is -0.162. The average molecular weight is 511 g/mol. The topological polar surface area (TPSA) is 58.2 Å². The van der Waals surface area contributed by atoms with Crippen molar-refractivity contribution in [3.05, 3.63) is 62.9 Å².